The maximum Gasteiger partial charge on any atom is 0.311 e. The first-order valence-corrected chi connectivity index (χ1v) is 11.8. The molecule has 0 aliphatic carbocycles. The van der Waals surface area contributed by atoms with E-state index in [1.807, 2.05) is 6.92 Å². The number of hydrazone groups is 1. The predicted octanol–water partition coefficient (Wildman–Crippen LogP) is 3.80. The van der Waals surface area contributed by atoms with Crippen molar-refractivity contribution in [2.75, 3.05) is 16.8 Å². The molecule has 0 aliphatic heterocycles. The number of anilines is 2. The number of nitrogens with zero attached hydrogens (tertiary/aromatic N) is 2. The number of para-hydroxylation sites is 1. The molecule has 2 N–H and O–H groups in total. The monoisotopic (exact) mass is 458 g/mol. The maximum atomic E-state index is 12.7. The highest BCUT2D eigenvalue weighted by molar-refractivity contribution is 7.92. The van der Waals surface area contributed by atoms with E-state index in [-0.39, 0.29) is 17.3 Å². The Labute approximate surface area is 185 Å². The Bertz CT molecular complexity index is 1170. The number of aryl methyl sites for hydroxylation is 1. The summed E-state index contributed by atoms with van der Waals surface area (Å²) in [7, 11) is -3.73. The number of thiazole rings is 1. The fraction of sp³-hybridized carbons (Fsp3) is 0.190. The topological polar surface area (TPSA) is 110 Å². The van der Waals surface area contributed by atoms with E-state index in [0.717, 1.165) is 5.56 Å². The molecule has 3 aromatic rings. The standard InChI is InChI=1S/C21H22N4O4S2/c1-3-29-20(26)12-17-14-30-21(23-17)24-22-13-16-6-4-5-7-19(16)25-31(27,28)18-10-8-15(2)9-11-18/h4-11,13-14,25H,3,12H2,1-2H3,(H,23,24). The molecule has 0 fully saturated rings. The van der Waals surface area contributed by atoms with Crippen LogP contribution in [-0.2, 0) is 26.0 Å². The third kappa shape index (κ3) is 6.37. The Morgan fingerprint density at radius 3 is 2.68 bits per heavy atom. The Balaban J connectivity index is 1.68. The Hall–Kier alpha value is -3.24. The number of carbonyl (C=O) groups is 1. The summed E-state index contributed by atoms with van der Waals surface area (Å²) in [4.78, 5) is 16.0. The largest absolute Gasteiger partial charge is 0.466 e. The minimum absolute atomic E-state index is 0.0966. The second-order valence-electron chi connectivity index (χ2n) is 6.50. The van der Waals surface area contributed by atoms with Crippen molar-refractivity contribution in [3.63, 3.8) is 0 Å². The number of nitrogens with one attached hydrogen (secondary N) is 2. The number of hydrogen-bond acceptors (Lipinski definition) is 8. The van der Waals surface area contributed by atoms with Crippen LogP contribution in [0.4, 0.5) is 10.8 Å². The van der Waals surface area contributed by atoms with Crippen LogP contribution in [0.25, 0.3) is 0 Å². The lowest BCUT2D eigenvalue weighted by molar-refractivity contribution is -0.142. The average molecular weight is 459 g/mol. The molecule has 0 atom stereocenters. The summed E-state index contributed by atoms with van der Waals surface area (Å²) < 4.78 is 32.9. The molecule has 0 saturated heterocycles. The maximum absolute atomic E-state index is 12.7. The van der Waals surface area contributed by atoms with Gasteiger partial charge < -0.3 is 4.74 Å². The summed E-state index contributed by atoms with van der Waals surface area (Å²) in [5, 5.41) is 6.39. The molecule has 0 aliphatic rings. The van der Waals surface area contributed by atoms with Gasteiger partial charge in [0.2, 0.25) is 5.13 Å². The van der Waals surface area contributed by atoms with E-state index in [2.05, 4.69) is 20.2 Å². The van der Waals surface area contributed by atoms with Gasteiger partial charge in [-0.1, -0.05) is 35.9 Å². The summed E-state index contributed by atoms with van der Waals surface area (Å²) in [6.45, 7) is 3.97. The summed E-state index contributed by atoms with van der Waals surface area (Å²) in [5.74, 6) is -0.336. The summed E-state index contributed by atoms with van der Waals surface area (Å²) >= 11 is 1.30. The van der Waals surface area contributed by atoms with Crippen molar-refractivity contribution < 1.29 is 17.9 Å². The van der Waals surface area contributed by atoms with Crippen LogP contribution in [0.3, 0.4) is 0 Å². The first kappa shape index (κ1) is 22.4. The summed E-state index contributed by atoms with van der Waals surface area (Å²) in [6, 6.07) is 13.5. The first-order chi connectivity index (χ1) is 14.9. The van der Waals surface area contributed by atoms with Gasteiger partial charge in [-0.15, -0.1) is 11.3 Å². The van der Waals surface area contributed by atoms with Crippen LogP contribution in [-0.4, -0.2) is 32.2 Å². The fourth-order valence-electron chi connectivity index (χ4n) is 2.58. The Kier molecular flexibility index (Phi) is 7.37. The van der Waals surface area contributed by atoms with Crippen LogP contribution in [0.15, 0.2) is 63.9 Å². The lowest BCUT2D eigenvalue weighted by Gasteiger charge is -2.10. The first-order valence-electron chi connectivity index (χ1n) is 9.45. The molecule has 0 radical (unpaired) electrons. The Morgan fingerprint density at radius 2 is 1.94 bits per heavy atom. The normalized spacial score (nSPS) is 11.4. The molecular weight excluding hydrogens is 436 g/mol. The zero-order valence-corrected chi connectivity index (χ0v) is 18.7. The smallest absolute Gasteiger partial charge is 0.311 e. The minimum atomic E-state index is -3.73. The van der Waals surface area contributed by atoms with E-state index in [9.17, 15) is 13.2 Å². The molecule has 31 heavy (non-hydrogen) atoms. The highest BCUT2D eigenvalue weighted by Gasteiger charge is 2.15. The van der Waals surface area contributed by atoms with Crippen LogP contribution < -0.4 is 10.1 Å². The van der Waals surface area contributed by atoms with Gasteiger partial charge in [0.15, 0.2) is 0 Å². The number of hydrogen-bond donors (Lipinski definition) is 2. The van der Waals surface area contributed by atoms with Gasteiger partial charge in [-0.25, -0.2) is 13.4 Å². The number of esters is 1. The van der Waals surface area contributed by atoms with Crippen LogP contribution in [0.5, 0.6) is 0 Å². The van der Waals surface area contributed by atoms with Crippen LogP contribution in [0.1, 0.15) is 23.7 Å². The van der Waals surface area contributed by atoms with E-state index >= 15 is 0 Å². The molecule has 10 heteroatoms. The number of sulfonamides is 1. The van der Waals surface area contributed by atoms with Crippen molar-refractivity contribution in [3.8, 4) is 0 Å². The fourth-order valence-corrected chi connectivity index (χ4v) is 4.33. The Morgan fingerprint density at radius 1 is 1.19 bits per heavy atom. The molecule has 0 unspecified atom stereocenters. The van der Waals surface area contributed by atoms with E-state index in [4.69, 9.17) is 4.74 Å². The van der Waals surface area contributed by atoms with Gasteiger partial charge in [0.1, 0.15) is 0 Å². The van der Waals surface area contributed by atoms with Gasteiger partial charge >= 0.3 is 5.97 Å². The minimum Gasteiger partial charge on any atom is -0.466 e. The predicted molar refractivity (Wildman–Crippen MR) is 122 cm³/mol. The van der Waals surface area contributed by atoms with Gasteiger partial charge in [-0.3, -0.25) is 14.9 Å². The molecule has 0 amide bonds. The van der Waals surface area contributed by atoms with Crippen molar-refractivity contribution in [1.82, 2.24) is 4.98 Å². The van der Waals surface area contributed by atoms with E-state index in [0.29, 0.717) is 28.7 Å². The average Bonchev–Trinajstić information content (AvgIpc) is 3.16. The van der Waals surface area contributed by atoms with Crippen molar-refractivity contribution in [2.24, 2.45) is 5.10 Å². The van der Waals surface area contributed by atoms with Crippen LogP contribution in [0.2, 0.25) is 0 Å². The second-order valence-corrected chi connectivity index (χ2v) is 9.04. The van der Waals surface area contributed by atoms with Gasteiger partial charge in [0.25, 0.3) is 10.0 Å². The lowest BCUT2D eigenvalue weighted by atomic mass is 10.2. The second kappa shape index (κ2) is 10.2. The number of rotatable bonds is 9. The number of carbonyl (C=O) groups excluding carboxylic acids is 1. The van der Waals surface area contributed by atoms with E-state index in [1.165, 1.54) is 17.6 Å². The summed E-state index contributed by atoms with van der Waals surface area (Å²) in [5.41, 5.74) is 5.34. The van der Waals surface area contributed by atoms with Crippen molar-refractivity contribution in [3.05, 3.63) is 70.7 Å². The third-order valence-corrected chi connectivity index (χ3v) is 6.26. The SMILES string of the molecule is CCOC(=O)Cc1csc(NN=Cc2ccccc2NS(=O)(=O)c2ccc(C)cc2)n1. The van der Waals surface area contributed by atoms with Crippen molar-refractivity contribution in [2.45, 2.75) is 25.2 Å². The lowest BCUT2D eigenvalue weighted by Crippen LogP contribution is -2.14. The highest BCUT2D eigenvalue weighted by Crippen LogP contribution is 2.20. The molecular formula is C21H22N4O4S2. The molecule has 1 heterocycles. The zero-order valence-electron chi connectivity index (χ0n) is 17.0. The van der Waals surface area contributed by atoms with Gasteiger partial charge in [0, 0.05) is 10.9 Å². The quantitative estimate of drug-likeness (QED) is 0.287. The molecule has 0 bridgehead atoms. The third-order valence-electron chi connectivity index (χ3n) is 4.08. The van der Waals surface area contributed by atoms with E-state index < -0.39 is 10.0 Å². The van der Waals surface area contributed by atoms with Crippen molar-refractivity contribution >= 4 is 44.4 Å². The number of ether oxygens (including phenoxy) is 1. The molecule has 1 aromatic heterocycles. The molecule has 3 rings (SSSR count). The molecule has 2 aromatic carbocycles. The van der Waals surface area contributed by atoms with Crippen molar-refractivity contribution in [1.29, 1.82) is 0 Å². The van der Waals surface area contributed by atoms with E-state index in [1.54, 1.807) is 60.8 Å². The summed E-state index contributed by atoms with van der Waals surface area (Å²) in [6.07, 6.45) is 1.60. The number of benzene rings is 2. The van der Waals surface area contributed by atoms with Crippen LogP contribution in [0, 0.1) is 6.92 Å². The van der Waals surface area contributed by atoms with Gasteiger partial charge in [0.05, 0.1) is 35.5 Å². The molecule has 8 nitrogen and oxygen atoms in total. The number of aromatic nitrogens is 1. The molecule has 0 spiro atoms. The molecule has 0 saturated carbocycles. The highest BCUT2D eigenvalue weighted by atomic mass is 32.2. The zero-order chi connectivity index (χ0) is 22.3. The van der Waals surface area contributed by atoms with Gasteiger partial charge in [-0.2, -0.15) is 5.10 Å². The van der Waals surface area contributed by atoms with Gasteiger partial charge in [-0.05, 0) is 32.0 Å². The molecule has 162 valence electrons. The van der Waals surface area contributed by atoms with Crippen LogP contribution >= 0.6 is 11.3 Å².